The van der Waals surface area contributed by atoms with Crippen molar-refractivity contribution < 1.29 is 9.53 Å². The van der Waals surface area contributed by atoms with E-state index < -0.39 is 0 Å². The molecule has 1 aromatic carbocycles. The molecule has 0 saturated carbocycles. The van der Waals surface area contributed by atoms with Crippen LogP contribution in [0, 0.1) is 6.92 Å². The van der Waals surface area contributed by atoms with Gasteiger partial charge < -0.3 is 15.4 Å². The summed E-state index contributed by atoms with van der Waals surface area (Å²) in [5.74, 6) is 0. The average Bonchev–Trinajstić information content (AvgIpc) is 3.05. The normalized spacial score (nSPS) is 19.9. The van der Waals surface area contributed by atoms with Gasteiger partial charge in [-0.3, -0.25) is 4.98 Å². The zero-order valence-corrected chi connectivity index (χ0v) is 13.9. The summed E-state index contributed by atoms with van der Waals surface area (Å²) in [6.07, 6.45) is 3.38. The van der Waals surface area contributed by atoms with Crippen molar-refractivity contribution in [1.29, 1.82) is 0 Å². The zero-order chi connectivity index (χ0) is 16.8. The van der Waals surface area contributed by atoms with Crippen LogP contribution in [-0.2, 0) is 11.2 Å². The van der Waals surface area contributed by atoms with Crippen molar-refractivity contribution in [2.24, 2.45) is 0 Å². The van der Waals surface area contributed by atoms with Crippen LogP contribution in [0.1, 0.15) is 29.3 Å². The molecule has 1 fully saturated rings. The van der Waals surface area contributed by atoms with E-state index in [0.717, 1.165) is 29.7 Å². The Balaban J connectivity index is 1.46. The molecule has 2 N–H and O–H groups in total. The number of hydrogen-bond donors (Lipinski definition) is 2. The quantitative estimate of drug-likeness (QED) is 0.888. The number of benzene rings is 1. The highest BCUT2D eigenvalue weighted by Crippen LogP contribution is 2.28. The van der Waals surface area contributed by atoms with Gasteiger partial charge in [-0.05, 0) is 37.0 Å². The summed E-state index contributed by atoms with van der Waals surface area (Å²) >= 11 is 0. The van der Waals surface area contributed by atoms with Gasteiger partial charge in [0.25, 0.3) is 0 Å². The monoisotopic (exact) mass is 325 g/mol. The number of urea groups is 1. The largest absolute Gasteiger partial charge is 0.371 e. The lowest BCUT2D eigenvalue weighted by molar-refractivity contribution is 0.0999. The van der Waals surface area contributed by atoms with E-state index in [1.54, 1.807) is 0 Å². The summed E-state index contributed by atoms with van der Waals surface area (Å²) in [5, 5.41) is 5.94. The van der Waals surface area contributed by atoms with Gasteiger partial charge in [0, 0.05) is 25.0 Å². The summed E-state index contributed by atoms with van der Waals surface area (Å²) in [6, 6.07) is 13.9. The first-order chi connectivity index (χ1) is 11.7. The predicted octanol–water partition coefficient (Wildman–Crippen LogP) is 2.76. The number of ether oxygens (including phenoxy) is 1. The molecule has 0 aliphatic carbocycles. The highest BCUT2D eigenvalue weighted by atomic mass is 16.5. The molecule has 1 aliphatic heterocycles. The minimum atomic E-state index is -0.147. The number of carbonyl (C=O) groups excluding carboxylic acids is 1. The van der Waals surface area contributed by atoms with Gasteiger partial charge in [0.2, 0.25) is 0 Å². The zero-order valence-electron chi connectivity index (χ0n) is 13.9. The molecule has 1 aliphatic rings. The van der Waals surface area contributed by atoms with E-state index in [9.17, 15) is 4.79 Å². The van der Waals surface area contributed by atoms with Crippen molar-refractivity contribution in [3.63, 3.8) is 0 Å². The molecule has 0 spiro atoms. The van der Waals surface area contributed by atoms with Gasteiger partial charge in [-0.1, -0.05) is 36.4 Å². The molecule has 1 saturated heterocycles. The first-order valence-corrected chi connectivity index (χ1v) is 8.35. The number of pyridine rings is 1. The number of hydrogen-bond acceptors (Lipinski definition) is 3. The molecule has 5 nitrogen and oxygen atoms in total. The Kier molecular flexibility index (Phi) is 5.43. The molecule has 24 heavy (non-hydrogen) atoms. The molecular formula is C19H23N3O2. The van der Waals surface area contributed by atoms with Gasteiger partial charge in [-0.2, -0.15) is 0 Å². The second-order valence-electron chi connectivity index (χ2n) is 6.06. The van der Waals surface area contributed by atoms with Crippen molar-refractivity contribution in [1.82, 2.24) is 15.6 Å². The Morgan fingerprint density at radius 3 is 2.83 bits per heavy atom. The Labute approximate surface area is 142 Å². The molecule has 2 amide bonds. The van der Waals surface area contributed by atoms with Crippen LogP contribution in [0.4, 0.5) is 4.79 Å². The van der Waals surface area contributed by atoms with E-state index in [4.69, 9.17) is 4.74 Å². The second kappa shape index (κ2) is 7.93. The molecule has 3 rings (SSSR count). The summed E-state index contributed by atoms with van der Waals surface area (Å²) in [4.78, 5) is 16.4. The lowest BCUT2D eigenvalue weighted by atomic mass is 10.0. The third-order valence-electron chi connectivity index (χ3n) is 4.21. The summed E-state index contributed by atoms with van der Waals surface area (Å²) in [7, 11) is 0. The maximum Gasteiger partial charge on any atom is 0.315 e. The van der Waals surface area contributed by atoms with Crippen molar-refractivity contribution in [3.05, 3.63) is 65.5 Å². The number of aryl methyl sites for hydroxylation is 1. The van der Waals surface area contributed by atoms with Crippen LogP contribution < -0.4 is 10.6 Å². The van der Waals surface area contributed by atoms with Crippen LogP contribution in [0.3, 0.4) is 0 Å². The van der Waals surface area contributed by atoms with Gasteiger partial charge in [-0.15, -0.1) is 0 Å². The minimum Gasteiger partial charge on any atom is -0.371 e. The Morgan fingerprint density at radius 2 is 2.08 bits per heavy atom. The number of carbonyl (C=O) groups is 1. The van der Waals surface area contributed by atoms with E-state index in [2.05, 4.69) is 15.6 Å². The van der Waals surface area contributed by atoms with Crippen LogP contribution in [-0.4, -0.2) is 30.2 Å². The maximum atomic E-state index is 12.1. The second-order valence-corrected chi connectivity index (χ2v) is 6.06. The molecule has 0 bridgehead atoms. The third-order valence-corrected chi connectivity index (χ3v) is 4.21. The highest BCUT2D eigenvalue weighted by molar-refractivity contribution is 5.74. The van der Waals surface area contributed by atoms with Crippen LogP contribution in [0.2, 0.25) is 0 Å². The summed E-state index contributed by atoms with van der Waals surface area (Å²) < 4.78 is 5.79. The van der Waals surface area contributed by atoms with E-state index >= 15 is 0 Å². The fourth-order valence-corrected chi connectivity index (χ4v) is 2.89. The van der Waals surface area contributed by atoms with Gasteiger partial charge in [0.05, 0.1) is 6.04 Å². The van der Waals surface area contributed by atoms with Crippen molar-refractivity contribution >= 4 is 6.03 Å². The smallest absolute Gasteiger partial charge is 0.315 e. The fourth-order valence-electron chi connectivity index (χ4n) is 2.89. The Hall–Kier alpha value is -2.40. The molecule has 1 aromatic heterocycles. The van der Waals surface area contributed by atoms with Crippen LogP contribution in [0.25, 0.3) is 0 Å². The van der Waals surface area contributed by atoms with E-state index in [0.29, 0.717) is 13.2 Å². The van der Waals surface area contributed by atoms with Crippen LogP contribution in [0.15, 0.2) is 48.7 Å². The first kappa shape index (κ1) is 16.5. The molecule has 2 atom stereocenters. The third kappa shape index (κ3) is 4.32. The van der Waals surface area contributed by atoms with E-state index in [1.165, 1.54) is 0 Å². The number of aromatic nitrogens is 1. The lowest BCUT2D eigenvalue weighted by Gasteiger charge is -2.20. The Morgan fingerprint density at radius 1 is 1.25 bits per heavy atom. The molecule has 0 radical (unpaired) electrons. The maximum absolute atomic E-state index is 12.1. The van der Waals surface area contributed by atoms with Crippen molar-refractivity contribution in [3.8, 4) is 0 Å². The molecule has 126 valence electrons. The van der Waals surface area contributed by atoms with E-state index in [-0.39, 0.29) is 18.2 Å². The van der Waals surface area contributed by atoms with Crippen LogP contribution in [0.5, 0.6) is 0 Å². The number of rotatable bonds is 5. The molecule has 2 aromatic rings. The number of nitrogens with one attached hydrogen (secondary N) is 2. The molecule has 2 heterocycles. The molecule has 5 heteroatoms. The summed E-state index contributed by atoms with van der Waals surface area (Å²) in [5.41, 5.74) is 3.22. The number of nitrogens with zero attached hydrogens (tertiary/aromatic N) is 1. The minimum absolute atomic E-state index is 0.00782. The topological polar surface area (TPSA) is 63.2 Å². The average molecular weight is 325 g/mol. The highest BCUT2D eigenvalue weighted by Gasteiger charge is 2.30. The predicted molar refractivity (Wildman–Crippen MR) is 92.8 cm³/mol. The molecule has 0 unspecified atom stereocenters. The van der Waals surface area contributed by atoms with Gasteiger partial charge in [0.15, 0.2) is 0 Å². The van der Waals surface area contributed by atoms with Gasteiger partial charge >= 0.3 is 6.03 Å². The fraction of sp³-hybridized carbons (Fsp3) is 0.368. The lowest BCUT2D eigenvalue weighted by Crippen LogP contribution is -2.43. The van der Waals surface area contributed by atoms with E-state index in [1.807, 2.05) is 55.6 Å². The van der Waals surface area contributed by atoms with Crippen molar-refractivity contribution in [2.45, 2.75) is 31.9 Å². The van der Waals surface area contributed by atoms with Crippen LogP contribution >= 0.6 is 0 Å². The van der Waals surface area contributed by atoms with Gasteiger partial charge in [-0.25, -0.2) is 4.79 Å². The Bertz CT molecular complexity index is 658. The molecular weight excluding hydrogens is 302 g/mol. The van der Waals surface area contributed by atoms with Gasteiger partial charge in [0.1, 0.15) is 6.10 Å². The first-order valence-electron chi connectivity index (χ1n) is 8.35. The SMILES string of the molecule is Cc1ccc(CCNC(=O)N[C@@H]2CCO[C@@H]2c2ccccc2)cn1. The number of amides is 2. The standard InChI is InChI=1S/C19H23N3O2/c1-14-7-8-15(13-21-14)9-11-20-19(23)22-17-10-12-24-18(17)16-5-3-2-4-6-16/h2-8,13,17-18H,9-12H2,1H3,(H2,20,22,23)/t17-,18-/m1/s1. The summed E-state index contributed by atoms with van der Waals surface area (Å²) in [6.45, 7) is 3.21. The van der Waals surface area contributed by atoms with Crippen molar-refractivity contribution in [2.75, 3.05) is 13.2 Å².